The molecule has 0 radical (unpaired) electrons. The molecular formula is HFNO4S2-. The summed E-state index contributed by atoms with van der Waals surface area (Å²) in [5.74, 6) is 0. The standard InChI is InChI=1S/FH2NO4S2/c1-8(5,6)2-7(3)4/h2H,(H,3,4)/p-1. The molecule has 0 fully saturated rings. The Bertz CT molecular complexity index is 180. The molecule has 0 bridgehead atoms. The van der Waals surface area contributed by atoms with Gasteiger partial charge >= 0.3 is 10.4 Å². The molecular weight excluding hydrogens is 161 g/mol. The number of hydrogen-bond donors (Lipinski definition) is 1. The van der Waals surface area contributed by atoms with Gasteiger partial charge in [0.05, 0.1) is 0 Å². The molecule has 0 aromatic heterocycles. The molecule has 0 rings (SSSR count). The Balaban J connectivity index is 3.95. The fourth-order valence-corrected chi connectivity index (χ4v) is 0.731. The number of halogens is 1. The zero-order valence-electron chi connectivity index (χ0n) is 3.33. The highest BCUT2D eigenvalue weighted by Gasteiger charge is 2.02. The molecule has 0 aromatic carbocycles. The van der Waals surface area contributed by atoms with Crippen LogP contribution in [0.4, 0.5) is 3.89 Å². The molecule has 1 N–H and O–H groups in total. The third kappa shape index (κ3) is 5.95. The van der Waals surface area contributed by atoms with Crippen LogP contribution in [0, 0.1) is 0 Å². The lowest BCUT2D eigenvalue weighted by Gasteiger charge is -1.98. The van der Waals surface area contributed by atoms with Crippen molar-refractivity contribution in [2.24, 2.45) is 0 Å². The molecule has 0 aliphatic rings. The summed E-state index contributed by atoms with van der Waals surface area (Å²) in [5, 5.41) is 0. The van der Waals surface area contributed by atoms with Gasteiger partial charge in [0, 0.05) is 11.3 Å². The predicted octanol–water partition coefficient (Wildman–Crippen LogP) is -1.42. The number of hydrogen-bond acceptors (Lipinski definition) is 4. The van der Waals surface area contributed by atoms with Crippen LogP contribution in [0.25, 0.3) is 0 Å². The minimum atomic E-state index is -5.09. The quantitative estimate of drug-likeness (QED) is 0.399. The van der Waals surface area contributed by atoms with E-state index in [1.54, 1.807) is 0 Å². The molecule has 0 aliphatic carbocycles. The SMILES string of the molecule is O=S([O-])NS(=O)(=O)F. The molecule has 0 aliphatic heterocycles. The van der Waals surface area contributed by atoms with Crippen LogP contribution in [0.1, 0.15) is 0 Å². The van der Waals surface area contributed by atoms with E-state index in [9.17, 15) is 21.1 Å². The summed E-state index contributed by atoms with van der Waals surface area (Å²) >= 11 is -3.10. The molecule has 0 aromatic rings. The smallest absolute Gasteiger partial charge is 0.382 e. The Morgan fingerprint density at radius 1 is 1.62 bits per heavy atom. The lowest BCUT2D eigenvalue weighted by Crippen LogP contribution is -2.20. The maximum atomic E-state index is 11.1. The van der Waals surface area contributed by atoms with Crippen LogP contribution in [-0.2, 0) is 21.7 Å². The van der Waals surface area contributed by atoms with E-state index >= 15 is 0 Å². The van der Waals surface area contributed by atoms with Gasteiger partial charge in [-0.05, 0) is 0 Å². The van der Waals surface area contributed by atoms with Gasteiger partial charge < -0.3 is 4.55 Å². The summed E-state index contributed by atoms with van der Waals surface area (Å²) in [5.41, 5.74) is 0. The summed E-state index contributed by atoms with van der Waals surface area (Å²) in [7, 11) is -5.09. The molecule has 1 atom stereocenters. The van der Waals surface area contributed by atoms with Crippen molar-refractivity contribution in [3.8, 4) is 0 Å². The van der Waals surface area contributed by atoms with E-state index in [1.807, 2.05) is 0 Å². The van der Waals surface area contributed by atoms with Gasteiger partial charge in [0.2, 0.25) is 0 Å². The molecule has 8 heavy (non-hydrogen) atoms. The van der Waals surface area contributed by atoms with Crippen molar-refractivity contribution in [2.45, 2.75) is 0 Å². The van der Waals surface area contributed by atoms with E-state index in [-0.39, 0.29) is 0 Å². The second-order valence-corrected chi connectivity index (χ2v) is 2.77. The minimum absolute atomic E-state index is 0.604. The minimum Gasteiger partial charge on any atom is -0.759 e. The fourth-order valence-electron chi connectivity index (χ4n) is 0.0813. The predicted molar refractivity (Wildman–Crippen MR) is 22.1 cm³/mol. The Hall–Kier alpha value is -0.0500. The number of nitrogens with one attached hydrogen (secondary N) is 1. The molecule has 0 heterocycles. The van der Waals surface area contributed by atoms with Crippen molar-refractivity contribution < 1.29 is 21.1 Å². The van der Waals surface area contributed by atoms with Crippen LogP contribution >= 0.6 is 0 Å². The molecule has 0 amide bonds. The van der Waals surface area contributed by atoms with Gasteiger partial charge in [0.1, 0.15) is 0 Å². The van der Waals surface area contributed by atoms with E-state index in [2.05, 4.69) is 0 Å². The average Bonchev–Trinajstić information content (AvgIpc) is 1.21. The normalized spacial score (nSPS) is 15.8. The Kier molecular flexibility index (Phi) is 2.47. The van der Waals surface area contributed by atoms with Crippen LogP contribution in [0.5, 0.6) is 0 Å². The van der Waals surface area contributed by atoms with Crippen molar-refractivity contribution in [1.82, 2.24) is 4.13 Å². The van der Waals surface area contributed by atoms with Crippen molar-refractivity contribution in [1.29, 1.82) is 0 Å². The number of rotatable bonds is 2. The van der Waals surface area contributed by atoms with Crippen LogP contribution in [0.15, 0.2) is 0 Å². The van der Waals surface area contributed by atoms with Crippen molar-refractivity contribution >= 4 is 21.7 Å². The third-order valence-electron chi connectivity index (χ3n) is 0.168. The molecule has 0 spiro atoms. The second-order valence-electron chi connectivity index (χ2n) is 0.756. The fraction of sp³-hybridized carbons (Fsp3) is 0. The highest BCUT2D eigenvalue weighted by atomic mass is 32.3. The van der Waals surface area contributed by atoms with Gasteiger partial charge in [0.25, 0.3) is 0 Å². The zero-order chi connectivity index (χ0) is 6.78. The first-order chi connectivity index (χ1) is 3.42. The van der Waals surface area contributed by atoms with Crippen LogP contribution in [0.3, 0.4) is 0 Å². The highest BCUT2D eigenvalue weighted by Crippen LogP contribution is 1.81. The van der Waals surface area contributed by atoms with E-state index in [0.717, 1.165) is 0 Å². The van der Waals surface area contributed by atoms with E-state index in [1.165, 1.54) is 0 Å². The van der Waals surface area contributed by atoms with Gasteiger partial charge in [-0.15, -0.1) is 4.13 Å². The molecule has 8 heteroatoms. The van der Waals surface area contributed by atoms with Crippen molar-refractivity contribution in [3.05, 3.63) is 0 Å². The van der Waals surface area contributed by atoms with E-state index in [0.29, 0.717) is 4.13 Å². The average molecular weight is 162 g/mol. The molecule has 50 valence electrons. The van der Waals surface area contributed by atoms with Crippen molar-refractivity contribution in [2.75, 3.05) is 0 Å². The van der Waals surface area contributed by atoms with E-state index < -0.39 is 21.7 Å². The topological polar surface area (TPSA) is 86.3 Å². The summed E-state index contributed by atoms with van der Waals surface area (Å²) in [4.78, 5) is 0. The third-order valence-corrected chi connectivity index (χ3v) is 1.51. The largest absolute Gasteiger partial charge is 0.759 e. The van der Waals surface area contributed by atoms with Crippen molar-refractivity contribution in [3.63, 3.8) is 0 Å². The van der Waals surface area contributed by atoms with Crippen LogP contribution < -0.4 is 4.13 Å². The monoisotopic (exact) mass is 162 g/mol. The molecule has 0 saturated carbocycles. The maximum absolute atomic E-state index is 11.1. The van der Waals surface area contributed by atoms with Gasteiger partial charge in [0.15, 0.2) is 0 Å². The summed E-state index contributed by atoms with van der Waals surface area (Å²) < 4.78 is 48.8. The summed E-state index contributed by atoms with van der Waals surface area (Å²) in [6.45, 7) is 0. The van der Waals surface area contributed by atoms with Gasteiger partial charge in [-0.1, -0.05) is 3.89 Å². The maximum Gasteiger partial charge on any atom is 0.382 e. The van der Waals surface area contributed by atoms with Crippen LogP contribution in [-0.4, -0.2) is 17.2 Å². The van der Waals surface area contributed by atoms with E-state index in [4.69, 9.17) is 0 Å². The summed E-state index contributed by atoms with van der Waals surface area (Å²) in [6.07, 6.45) is 0. The molecule has 1 unspecified atom stereocenters. The molecule has 5 nitrogen and oxygen atoms in total. The van der Waals surface area contributed by atoms with Crippen LogP contribution in [0.2, 0.25) is 0 Å². The highest BCUT2D eigenvalue weighted by molar-refractivity contribution is 7.96. The summed E-state index contributed by atoms with van der Waals surface area (Å²) in [6, 6.07) is 0. The first-order valence-electron chi connectivity index (χ1n) is 1.23. The zero-order valence-corrected chi connectivity index (χ0v) is 4.96. The second kappa shape index (κ2) is 2.49. The van der Waals surface area contributed by atoms with Gasteiger partial charge in [-0.2, -0.15) is 8.42 Å². The first kappa shape index (κ1) is 7.95. The Morgan fingerprint density at radius 2 is 2.00 bits per heavy atom. The lowest BCUT2D eigenvalue weighted by atomic mass is 13.9. The molecule has 0 saturated heterocycles. The first-order valence-corrected chi connectivity index (χ1v) is 3.69. The Morgan fingerprint density at radius 3 is 2.00 bits per heavy atom. The van der Waals surface area contributed by atoms with Gasteiger partial charge in [-0.25, -0.2) is 0 Å². The Labute approximate surface area is 47.7 Å². The lowest BCUT2D eigenvalue weighted by molar-refractivity contribution is 0.520. The van der Waals surface area contributed by atoms with Gasteiger partial charge in [-0.3, -0.25) is 4.21 Å².